The number of rotatable bonds is 2. The van der Waals surface area contributed by atoms with Crippen molar-refractivity contribution >= 4 is 5.91 Å². The first-order valence-corrected chi connectivity index (χ1v) is 6.75. The van der Waals surface area contributed by atoms with Gasteiger partial charge in [-0.25, -0.2) is 0 Å². The van der Waals surface area contributed by atoms with E-state index in [2.05, 4.69) is 31.4 Å². The van der Waals surface area contributed by atoms with E-state index in [4.69, 9.17) is 4.74 Å². The van der Waals surface area contributed by atoms with Gasteiger partial charge in [-0.15, -0.1) is 0 Å². The van der Waals surface area contributed by atoms with Gasteiger partial charge in [0.15, 0.2) is 6.23 Å². The predicted molar refractivity (Wildman–Crippen MR) is 67.9 cm³/mol. The van der Waals surface area contributed by atoms with Crippen LogP contribution in [0.25, 0.3) is 0 Å². The molecule has 0 bridgehead atoms. The van der Waals surface area contributed by atoms with Gasteiger partial charge in [-0.1, -0.05) is 20.3 Å². The van der Waals surface area contributed by atoms with E-state index in [9.17, 15) is 4.79 Å². The van der Waals surface area contributed by atoms with Crippen LogP contribution in [0.2, 0.25) is 0 Å². The number of nitrogens with zero attached hydrogens (tertiary/aromatic N) is 2. The fourth-order valence-corrected chi connectivity index (χ4v) is 3.06. The molecule has 0 N–H and O–H groups in total. The highest BCUT2D eigenvalue weighted by Crippen LogP contribution is 2.41. The fourth-order valence-electron chi connectivity index (χ4n) is 3.06. The van der Waals surface area contributed by atoms with Crippen LogP contribution in [-0.2, 0) is 9.53 Å². The molecule has 1 fully saturated rings. The lowest BCUT2D eigenvalue weighted by atomic mass is 9.95. The standard InChI is InChI=1S/C14H20N2O2/c1-4-9(2)12-13(17)16-10(3)8-18-14(16)11-6-5-7-15(11)12/h5-7,9-10,12,14H,4,8H2,1-3H3/t9-,10-,12-,14?/m0/s1. The summed E-state index contributed by atoms with van der Waals surface area (Å²) in [6.07, 6.45) is 2.83. The highest BCUT2D eigenvalue weighted by atomic mass is 16.5. The van der Waals surface area contributed by atoms with Crippen molar-refractivity contribution in [1.29, 1.82) is 0 Å². The van der Waals surface area contributed by atoms with Crippen molar-refractivity contribution in [3.63, 3.8) is 0 Å². The average Bonchev–Trinajstić information content (AvgIpc) is 2.95. The van der Waals surface area contributed by atoms with Gasteiger partial charge in [-0.2, -0.15) is 0 Å². The Morgan fingerprint density at radius 3 is 3.06 bits per heavy atom. The van der Waals surface area contributed by atoms with E-state index in [0.29, 0.717) is 12.5 Å². The Bertz CT molecular complexity index is 468. The molecule has 1 amide bonds. The van der Waals surface area contributed by atoms with E-state index >= 15 is 0 Å². The summed E-state index contributed by atoms with van der Waals surface area (Å²) in [6, 6.07) is 4.18. The minimum atomic E-state index is -0.178. The van der Waals surface area contributed by atoms with E-state index in [1.54, 1.807) is 0 Å². The Kier molecular flexibility index (Phi) is 2.70. The molecule has 1 aromatic rings. The molecule has 98 valence electrons. The zero-order valence-corrected chi connectivity index (χ0v) is 11.2. The van der Waals surface area contributed by atoms with Gasteiger partial charge in [0.2, 0.25) is 5.91 Å². The molecule has 4 heteroatoms. The third-order valence-electron chi connectivity index (χ3n) is 4.28. The van der Waals surface area contributed by atoms with Crippen molar-refractivity contribution in [3.05, 3.63) is 24.0 Å². The van der Waals surface area contributed by atoms with Crippen LogP contribution in [-0.4, -0.2) is 28.0 Å². The molecule has 0 aliphatic carbocycles. The van der Waals surface area contributed by atoms with Gasteiger partial charge in [-0.3, -0.25) is 4.79 Å². The van der Waals surface area contributed by atoms with Crippen molar-refractivity contribution < 1.29 is 9.53 Å². The van der Waals surface area contributed by atoms with Crippen LogP contribution in [0.1, 0.15) is 45.2 Å². The highest BCUT2D eigenvalue weighted by molar-refractivity contribution is 5.83. The molecule has 2 aliphatic rings. The normalized spacial score (nSPS) is 32.3. The molecule has 4 nitrogen and oxygen atoms in total. The summed E-state index contributed by atoms with van der Waals surface area (Å²) in [5.41, 5.74) is 1.12. The molecular formula is C14H20N2O2. The second-order valence-corrected chi connectivity index (χ2v) is 5.45. The van der Waals surface area contributed by atoms with Crippen LogP contribution < -0.4 is 0 Å². The van der Waals surface area contributed by atoms with Crippen molar-refractivity contribution in [2.45, 2.75) is 45.5 Å². The lowest BCUT2D eigenvalue weighted by molar-refractivity contribution is -0.147. The number of fused-ring (bicyclic) bond motifs is 3. The monoisotopic (exact) mass is 248 g/mol. The molecule has 1 unspecified atom stereocenters. The number of amides is 1. The molecule has 3 heterocycles. The third-order valence-corrected chi connectivity index (χ3v) is 4.28. The summed E-state index contributed by atoms with van der Waals surface area (Å²) in [5.74, 6) is 0.556. The van der Waals surface area contributed by atoms with E-state index in [1.807, 2.05) is 17.2 Å². The minimum Gasteiger partial charge on any atom is -0.350 e. The van der Waals surface area contributed by atoms with E-state index in [0.717, 1.165) is 12.1 Å². The van der Waals surface area contributed by atoms with E-state index in [1.165, 1.54) is 0 Å². The first-order valence-electron chi connectivity index (χ1n) is 6.75. The molecule has 2 aliphatic heterocycles. The van der Waals surface area contributed by atoms with Crippen LogP contribution in [0.4, 0.5) is 0 Å². The first-order chi connectivity index (χ1) is 8.65. The molecule has 3 rings (SSSR count). The van der Waals surface area contributed by atoms with Crippen LogP contribution in [0, 0.1) is 5.92 Å². The number of carbonyl (C=O) groups is 1. The van der Waals surface area contributed by atoms with E-state index < -0.39 is 0 Å². The zero-order chi connectivity index (χ0) is 12.9. The molecule has 0 spiro atoms. The lowest BCUT2D eigenvalue weighted by Gasteiger charge is -2.39. The number of carbonyl (C=O) groups excluding carboxylic acids is 1. The second-order valence-electron chi connectivity index (χ2n) is 5.45. The van der Waals surface area contributed by atoms with Crippen molar-refractivity contribution in [2.24, 2.45) is 5.92 Å². The van der Waals surface area contributed by atoms with Crippen molar-refractivity contribution in [1.82, 2.24) is 9.47 Å². The molecule has 4 atom stereocenters. The van der Waals surface area contributed by atoms with Crippen LogP contribution in [0.5, 0.6) is 0 Å². The van der Waals surface area contributed by atoms with Gasteiger partial charge >= 0.3 is 0 Å². The molecular weight excluding hydrogens is 228 g/mol. The summed E-state index contributed by atoms with van der Waals surface area (Å²) in [4.78, 5) is 14.6. The number of ether oxygens (including phenoxy) is 1. The lowest BCUT2D eigenvalue weighted by Crippen LogP contribution is -2.47. The largest absolute Gasteiger partial charge is 0.350 e. The zero-order valence-electron chi connectivity index (χ0n) is 11.2. The summed E-state index contributed by atoms with van der Waals surface area (Å²) in [5, 5.41) is 0. The van der Waals surface area contributed by atoms with Crippen LogP contribution in [0.15, 0.2) is 18.3 Å². The van der Waals surface area contributed by atoms with Gasteiger partial charge < -0.3 is 14.2 Å². The maximum atomic E-state index is 12.7. The third kappa shape index (κ3) is 1.45. The topological polar surface area (TPSA) is 34.5 Å². The first kappa shape index (κ1) is 11.8. The summed E-state index contributed by atoms with van der Waals surface area (Å²) in [6.45, 7) is 6.98. The minimum absolute atomic E-state index is 0.0691. The number of hydrogen-bond donors (Lipinski definition) is 0. The molecule has 0 aromatic carbocycles. The van der Waals surface area contributed by atoms with Crippen LogP contribution >= 0.6 is 0 Å². The van der Waals surface area contributed by atoms with Gasteiger partial charge in [0, 0.05) is 6.20 Å². The summed E-state index contributed by atoms with van der Waals surface area (Å²) >= 11 is 0. The predicted octanol–water partition coefficient (Wildman–Crippen LogP) is 2.33. The molecule has 0 saturated carbocycles. The van der Waals surface area contributed by atoms with Gasteiger partial charge in [-0.05, 0) is 25.0 Å². The second kappa shape index (κ2) is 4.12. The highest BCUT2D eigenvalue weighted by Gasteiger charge is 2.46. The Morgan fingerprint density at radius 2 is 2.33 bits per heavy atom. The van der Waals surface area contributed by atoms with Crippen LogP contribution in [0.3, 0.4) is 0 Å². The van der Waals surface area contributed by atoms with Crippen molar-refractivity contribution in [3.8, 4) is 0 Å². The van der Waals surface area contributed by atoms with Crippen molar-refractivity contribution in [2.75, 3.05) is 6.61 Å². The quantitative estimate of drug-likeness (QED) is 0.805. The Labute approximate surface area is 108 Å². The Morgan fingerprint density at radius 1 is 1.56 bits per heavy atom. The molecule has 1 aromatic heterocycles. The Balaban J connectivity index is 2.08. The van der Waals surface area contributed by atoms with Gasteiger partial charge in [0.25, 0.3) is 0 Å². The smallest absolute Gasteiger partial charge is 0.248 e. The number of hydrogen-bond acceptors (Lipinski definition) is 2. The van der Waals surface area contributed by atoms with E-state index in [-0.39, 0.29) is 24.2 Å². The maximum Gasteiger partial charge on any atom is 0.248 e. The maximum absolute atomic E-state index is 12.7. The Hall–Kier alpha value is -1.29. The molecule has 0 radical (unpaired) electrons. The SMILES string of the molecule is CC[C@H](C)[C@H]1C(=O)N2C(OC[C@@H]2C)c2cccn21. The fraction of sp³-hybridized carbons (Fsp3) is 0.643. The van der Waals surface area contributed by atoms with Gasteiger partial charge in [0.05, 0.1) is 18.3 Å². The summed E-state index contributed by atoms with van der Waals surface area (Å²) < 4.78 is 7.88. The summed E-state index contributed by atoms with van der Waals surface area (Å²) in [7, 11) is 0. The molecule has 18 heavy (non-hydrogen) atoms. The molecule has 1 saturated heterocycles. The number of aromatic nitrogens is 1. The van der Waals surface area contributed by atoms with Gasteiger partial charge in [0.1, 0.15) is 6.04 Å². The average molecular weight is 248 g/mol.